The molecule has 100 valence electrons. The van der Waals surface area contributed by atoms with E-state index in [2.05, 4.69) is 10.3 Å². The summed E-state index contributed by atoms with van der Waals surface area (Å²) in [6.45, 7) is 1.75. The van der Waals surface area contributed by atoms with Crippen molar-refractivity contribution in [2.45, 2.75) is 32.2 Å². The standard InChI is InChI=1S/C10H15N3O4S/c1-2-18(16,17)6-5-13-9(7-3-4-7)8(10(14)15)11-12-13/h7H,2-6H2,1H3,(H,14,15). The Morgan fingerprint density at radius 3 is 2.67 bits per heavy atom. The van der Waals surface area contributed by atoms with Crippen LogP contribution in [0.15, 0.2) is 0 Å². The molecular formula is C10H15N3O4S. The average Bonchev–Trinajstić information content (AvgIpc) is 3.06. The van der Waals surface area contributed by atoms with Gasteiger partial charge in [-0.25, -0.2) is 17.9 Å². The Bertz CT molecular complexity index is 560. The van der Waals surface area contributed by atoms with Gasteiger partial charge in [-0.3, -0.25) is 0 Å². The number of sulfone groups is 1. The number of aromatic carboxylic acids is 1. The van der Waals surface area contributed by atoms with Crippen LogP contribution >= 0.6 is 0 Å². The molecule has 1 aromatic heterocycles. The third-order valence-electron chi connectivity index (χ3n) is 2.99. The molecule has 1 aromatic rings. The Balaban J connectivity index is 2.21. The van der Waals surface area contributed by atoms with Crippen LogP contribution in [-0.4, -0.2) is 46.0 Å². The molecule has 0 spiro atoms. The fourth-order valence-electron chi connectivity index (χ4n) is 1.77. The van der Waals surface area contributed by atoms with Gasteiger partial charge in [-0.1, -0.05) is 12.1 Å². The van der Waals surface area contributed by atoms with Crippen LogP contribution < -0.4 is 0 Å². The SMILES string of the molecule is CCS(=O)(=O)CCn1nnc(C(=O)O)c1C1CC1. The molecule has 1 heterocycles. The zero-order valence-electron chi connectivity index (χ0n) is 10.0. The molecule has 0 bridgehead atoms. The molecule has 1 aliphatic carbocycles. The largest absolute Gasteiger partial charge is 0.476 e. The first-order chi connectivity index (χ1) is 8.44. The zero-order valence-corrected chi connectivity index (χ0v) is 10.9. The summed E-state index contributed by atoms with van der Waals surface area (Å²) in [4.78, 5) is 11.0. The lowest BCUT2D eigenvalue weighted by Gasteiger charge is -2.05. The molecule has 0 aromatic carbocycles. The third-order valence-corrected chi connectivity index (χ3v) is 4.68. The van der Waals surface area contributed by atoms with E-state index in [1.54, 1.807) is 6.92 Å². The first kappa shape index (κ1) is 13.0. The van der Waals surface area contributed by atoms with Crippen LogP contribution in [0.4, 0.5) is 0 Å². The van der Waals surface area contributed by atoms with Gasteiger partial charge in [0.05, 0.1) is 18.0 Å². The van der Waals surface area contributed by atoms with Gasteiger partial charge in [-0.15, -0.1) is 5.10 Å². The summed E-state index contributed by atoms with van der Waals surface area (Å²) in [5.41, 5.74) is 0.514. The van der Waals surface area contributed by atoms with Gasteiger partial charge in [-0.2, -0.15) is 0 Å². The number of hydrogen-bond donors (Lipinski definition) is 1. The molecule has 0 unspecified atom stereocenters. The molecule has 8 heteroatoms. The zero-order chi connectivity index (χ0) is 13.3. The molecule has 0 saturated heterocycles. The Labute approximate surface area is 105 Å². The number of carboxylic acid groups (broad SMARTS) is 1. The number of aromatic nitrogens is 3. The van der Waals surface area contributed by atoms with Crippen LogP contribution in [0.2, 0.25) is 0 Å². The molecule has 18 heavy (non-hydrogen) atoms. The van der Waals surface area contributed by atoms with Crippen molar-refractivity contribution in [3.05, 3.63) is 11.4 Å². The summed E-state index contributed by atoms with van der Waals surface area (Å²) in [5.74, 6) is -0.908. The summed E-state index contributed by atoms with van der Waals surface area (Å²) >= 11 is 0. The lowest BCUT2D eigenvalue weighted by atomic mass is 10.2. The topological polar surface area (TPSA) is 102 Å². The molecule has 1 N–H and O–H groups in total. The second-order valence-corrected chi connectivity index (χ2v) is 6.83. The van der Waals surface area contributed by atoms with Crippen LogP contribution in [-0.2, 0) is 16.4 Å². The van der Waals surface area contributed by atoms with E-state index in [0.29, 0.717) is 5.69 Å². The normalized spacial score (nSPS) is 15.8. The van der Waals surface area contributed by atoms with Crippen molar-refractivity contribution in [2.24, 2.45) is 0 Å². The van der Waals surface area contributed by atoms with Gasteiger partial charge in [0.15, 0.2) is 15.5 Å². The molecule has 7 nitrogen and oxygen atoms in total. The summed E-state index contributed by atoms with van der Waals surface area (Å²) < 4.78 is 24.3. The van der Waals surface area contributed by atoms with Crippen LogP contribution in [0.25, 0.3) is 0 Å². The number of rotatable bonds is 6. The third kappa shape index (κ3) is 2.69. The summed E-state index contributed by atoms with van der Waals surface area (Å²) in [6, 6.07) is 0. The number of aryl methyl sites for hydroxylation is 1. The van der Waals surface area contributed by atoms with E-state index in [0.717, 1.165) is 12.8 Å². The highest BCUT2D eigenvalue weighted by Gasteiger charge is 2.33. The quantitative estimate of drug-likeness (QED) is 0.799. The van der Waals surface area contributed by atoms with Gasteiger partial charge in [0.1, 0.15) is 0 Å². The summed E-state index contributed by atoms with van der Waals surface area (Å²) in [5, 5.41) is 16.4. The fourth-order valence-corrected chi connectivity index (χ4v) is 2.51. The second kappa shape index (κ2) is 4.68. The Morgan fingerprint density at radius 1 is 1.50 bits per heavy atom. The van der Waals surface area contributed by atoms with E-state index in [-0.39, 0.29) is 29.7 Å². The van der Waals surface area contributed by atoms with Gasteiger partial charge in [-0.05, 0) is 12.8 Å². The number of carboxylic acids is 1. The van der Waals surface area contributed by atoms with Crippen molar-refractivity contribution in [3.63, 3.8) is 0 Å². The number of hydrogen-bond acceptors (Lipinski definition) is 5. The predicted octanol–water partition coefficient (Wildman–Crippen LogP) is 0.288. The highest BCUT2D eigenvalue weighted by Crippen LogP contribution is 2.41. The van der Waals surface area contributed by atoms with Crippen LogP contribution in [0.5, 0.6) is 0 Å². The van der Waals surface area contributed by atoms with Gasteiger partial charge in [0.25, 0.3) is 0 Å². The lowest BCUT2D eigenvalue weighted by Crippen LogP contribution is -2.17. The van der Waals surface area contributed by atoms with Gasteiger partial charge in [0, 0.05) is 11.7 Å². The van der Waals surface area contributed by atoms with Crippen LogP contribution in [0, 0.1) is 0 Å². The van der Waals surface area contributed by atoms with E-state index in [4.69, 9.17) is 5.11 Å². The van der Waals surface area contributed by atoms with E-state index >= 15 is 0 Å². The van der Waals surface area contributed by atoms with E-state index in [1.165, 1.54) is 4.68 Å². The Kier molecular flexibility index (Phi) is 3.38. The molecule has 1 saturated carbocycles. The fraction of sp³-hybridized carbons (Fsp3) is 0.700. The maximum Gasteiger partial charge on any atom is 0.358 e. The highest BCUT2D eigenvalue weighted by molar-refractivity contribution is 7.91. The molecule has 0 amide bonds. The molecule has 0 aliphatic heterocycles. The highest BCUT2D eigenvalue weighted by atomic mass is 32.2. The van der Waals surface area contributed by atoms with Gasteiger partial charge >= 0.3 is 5.97 Å². The molecule has 1 fully saturated rings. The Morgan fingerprint density at radius 2 is 2.17 bits per heavy atom. The number of carbonyl (C=O) groups is 1. The predicted molar refractivity (Wildman–Crippen MR) is 63.3 cm³/mol. The van der Waals surface area contributed by atoms with Crippen molar-refractivity contribution in [1.29, 1.82) is 0 Å². The minimum Gasteiger partial charge on any atom is -0.476 e. The van der Waals surface area contributed by atoms with Crippen LogP contribution in [0.3, 0.4) is 0 Å². The molecule has 0 radical (unpaired) electrons. The monoisotopic (exact) mass is 273 g/mol. The van der Waals surface area contributed by atoms with Crippen molar-refractivity contribution in [2.75, 3.05) is 11.5 Å². The first-order valence-corrected chi connectivity index (χ1v) is 7.64. The average molecular weight is 273 g/mol. The maximum absolute atomic E-state index is 11.4. The van der Waals surface area contributed by atoms with Gasteiger partial charge in [0.2, 0.25) is 0 Å². The van der Waals surface area contributed by atoms with E-state index < -0.39 is 15.8 Å². The second-order valence-electron chi connectivity index (χ2n) is 4.36. The Hall–Kier alpha value is -1.44. The van der Waals surface area contributed by atoms with Crippen molar-refractivity contribution >= 4 is 15.8 Å². The van der Waals surface area contributed by atoms with Crippen LogP contribution in [0.1, 0.15) is 41.9 Å². The summed E-state index contributed by atoms with van der Waals surface area (Å²) in [7, 11) is -3.09. The maximum atomic E-state index is 11.4. The first-order valence-electron chi connectivity index (χ1n) is 5.81. The van der Waals surface area contributed by atoms with Crippen molar-refractivity contribution < 1.29 is 18.3 Å². The minimum atomic E-state index is -3.09. The van der Waals surface area contributed by atoms with E-state index in [9.17, 15) is 13.2 Å². The van der Waals surface area contributed by atoms with Gasteiger partial charge < -0.3 is 5.11 Å². The molecule has 2 rings (SSSR count). The van der Waals surface area contributed by atoms with E-state index in [1.807, 2.05) is 0 Å². The minimum absolute atomic E-state index is 0.0361. The summed E-state index contributed by atoms with van der Waals surface area (Å²) in [6.07, 6.45) is 1.82. The molecule has 0 atom stereocenters. The lowest BCUT2D eigenvalue weighted by molar-refractivity contribution is 0.0689. The molecular weight excluding hydrogens is 258 g/mol. The number of nitrogens with zero attached hydrogens (tertiary/aromatic N) is 3. The van der Waals surface area contributed by atoms with Crippen molar-refractivity contribution in [1.82, 2.24) is 15.0 Å². The molecule has 1 aliphatic rings. The smallest absolute Gasteiger partial charge is 0.358 e. The van der Waals surface area contributed by atoms with Crippen molar-refractivity contribution in [3.8, 4) is 0 Å².